The molecule has 1 fully saturated rings. The number of hydrogen-bond donors (Lipinski definition) is 1. The molecule has 1 aliphatic rings. The maximum Gasteiger partial charge on any atom is 0.227 e. The molecule has 2 aromatic rings. The summed E-state index contributed by atoms with van der Waals surface area (Å²) in [4.78, 5) is 19.0. The number of rotatable bonds is 4. The van der Waals surface area contributed by atoms with Crippen LogP contribution in [-0.2, 0) is 16.0 Å². The first-order valence-electron chi connectivity index (χ1n) is 8.31. The molecule has 0 bridgehead atoms. The molecular weight excluding hydrogens is 318 g/mol. The molecule has 1 aromatic heterocycles. The Morgan fingerprint density at radius 1 is 1.40 bits per heavy atom. The van der Waals surface area contributed by atoms with Crippen molar-refractivity contribution in [3.05, 3.63) is 53.3 Å². The summed E-state index contributed by atoms with van der Waals surface area (Å²) in [6, 6.07) is 11.2. The van der Waals surface area contributed by atoms with Crippen LogP contribution in [0.25, 0.3) is 0 Å². The predicted molar refractivity (Wildman–Crippen MR) is 95.4 cm³/mol. The molecule has 0 radical (unpaired) electrons. The van der Waals surface area contributed by atoms with E-state index in [9.17, 15) is 4.79 Å². The number of carbonyl (C=O) groups is 1. The molecule has 2 N–H and O–H groups in total. The summed E-state index contributed by atoms with van der Waals surface area (Å²) < 4.78 is 11.0. The molecule has 0 unspecified atom stereocenters. The van der Waals surface area contributed by atoms with Crippen LogP contribution in [0.4, 0.5) is 5.69 Å². The summed E-state index contributed by atoms with van der Waals surface area (Å²) in [6.45, 7) is 3.46. The predicted octanol–water partition coefficient (Wildman–Crippen LogP) is 2.12. The lowest BCUT2D eigenvalue weighted by molar-refractivity contribution is -0.138. The largest absolute Gasteiger partial charge is 0.497 e. The highest BCUT2D eigenvalue weighted by atomic mass is 16.5. The topological polar surface area (TPSA) is 77.7 Å². The molecule has 0 saturated carbocycles. The third-order valence-corrected chi connectivity index (χ3v) is 4.23. The summed E-state index contributed by atoms with van der Waals surface area (Å²) in [5.41, 5.74) is 9.12. The molecule has 2 heterocycles. The van der Waals surface area contributed by atoms with Crippen LogP contribution in [0.15, 0.2) is 36.4 Å². The first kappa shape index (κ1) is 17.2. The Balaban J connectivity index is 1.68. The Bertz CT molecular complexity index is 743. The van der Waals surface area contributed by atoms with Gasteiger partial charge < -0.3 is 20.1 Å². The average molecular weight is 341 g/mol. The number of carbonyl (C=O) groups excluding carboxylic acids is 1. The monoisotopic (exact) mass is 341 g/mol. The van der Waals surface area contributed by atoms with Crippen molar-refractivity contribution in [1.29, 1.82) is 0 Å². The highest BCUT2D eigenvalue weighted by molar-refractivity contribution is 5.79. The van der Waals surface area contributed by atoms with Crippen molar-refractivity contribution in [2.24, 2.45) is 0 Å². The number of aromatic nitrogens is 1. The highest BCUT2D eigenvalue weighted by Crippen LogP contribution is 2.23. The number of nitrogens with zero attached hydrogens (tertiary/aromatic N) is 2. The minimum absolute atomic E-state index is 0.0715. The molecule has 1 saturated heterocycles. The van der Waals surface area contributed by atoms with Crippen molar-refractivity contribution >= 4 is 11.6 Å². The molecule has 0 aliphatic carbocycles. The van der Waals surface area contributed by atoms with E-state index >= 15 is 0 Å². The Morgan fingerprint density at radius 2 is 2.24 bits per heavy atom. The Morgan fingerprint density at radius 3 is 3.00 bits per heavy atom. The van der Waals surface area contributed by atoms with Crippen LogP contribution in [0.5, 0.6) is 5.75 Å². The zero-order valence-corrected chi connectivity index (χ0v) is 14.6. The van der Waals surface area contributed by atoms with Gasteiger partial charge in [0.15, 0.2) is 0 Å². The Kier molecular flexibility index (Phi) is 5.19. The van der Waals surface area contributed by atoms with E-state index in [1.165, 1.54) is 0 Å². The molecule has 1 amide bonds. The van der Waals surface area contributed by atoms with E-state index < -0.39 is 0 Å². The van der Waals surface area contributed by atoms with Gasteiger partial charge in [-0.2, -0.15) is 0 Å². The van der Waals surface area contributed by atoms with Gasteiger partial charge in [0.25, 0.3) is 0 Å². The second-order valence-corrected chi connectivity index (χ2v) is 6.19. The Labute approximate surface area is 147 Å². The van der Waals surface area contributed by atoms with Gasteiger partial charge in [-0.15, -0.1) is 0 Å². The fraction of sp³-hybridized carbons (Fsp3) is 0.368. The number of ether oxygens (including phenoxy) is 2. The number of aryl methyl sites for hydroxylation is 1. The number of benzene rings is 1. The van der Waals surface area contributed by atoms with E-state index in [0.717, 1.165) is 22.7 Å². The van der Waals surface area contributed by atoms with Gasteiger partial charge in [-0.1, -0.05) is 12.1 Å². The van der Waals surface area contributed by atoms with E-state index in [0.29, 0.717) is 31.8 Å². The number of methoxy groups -OCH3 is 1. The summed E-state index contributed by atoms with van der Waals surface area (Å²) in [5.74, 6) is 0.826. The zero-order valence-electron chi connectivity index (χ0n) is 14.6. The van der Waals surface area contributed by atoms with Crippen molar-refractivity contribution in [3.63, 3.8) is 0 Å². The van der Waals surface area contributed by atoms with E-state index in [1.54, 1.807) is 7.11 Å². The maximum atomic E-state index is 12.7. The van der Waals surface area contributed by atoms with Crippen molar-refractivity contribution in [2.45, 2.75) is 19.4 Å². The van der Waals surface area contributed by atoms with E-state index in [2.05, 4.69) is 4.98 Å². The quantitative estimate of drug-likeness (QED) is 0.922. The van der Waals surface area contributed by atoms with Crippen molar-refractivity contribution in [1.82, 2.24) is 9.88 Å². The molecule has 3 rings (SSSR count). The van der Waals surface area contributed by atoms with Gasteiger partial charge in [-0.25, -0.2) is 0 Å². The number of hydrogen-bond acceptors (Lipinski definition) is 5. The van der Waals surface area contributed by atoms with Crippen LogP contribution < -0.4 is 10.5 Å². The first-order chi connectivity index (χ1) is 12.0. The summed E-state index contributed by atoms with van der Waals surface area (Å²) in [5, 5.41) is 0. The smallest absolute Gasteiger partial charge is 0.227 e. The number of anilines is 1. The fourth-order valence-corrected chi connectivity index (χ4v) is 3.01. The van der Waals surface area contributed by atoms with E-state index in [-0.39, 0.29) is 12.0 Å². The van der Waals surface area contributed by atoms with Gasteiger partial charge in [0.05, 0.1) is 32.4 Å². The molecular formula is C19H23N3O3. The Hall–Kier alpha value is -2.60. The van der Waals surface area contributed by atoms with Crippen LogP contribution in [0.3, 0.4) is 0 Å². The lowest BCUT2D eigenvalue weighted by Gasteiger charge is -2.33. The molecule has 6 heteroatoms. The molecule has 132 valence electrons. The lowest BCUT2D eigenvalue weighted by atomic mass is 10.1. The molecule has 25 heavy (non-hydrogen) atoms. The van der Waals surface area contributed by atoms with Crippen LogP contribution in [0.2, 0.25) is 0 Å². The van der Waals surface area contributed by atoms with Gasteiger partial charge in [-0.3, -0.25) is 9.78 Å². The van der Waals surface area contributed by atoms with Crippen LogP contribution in [-0.4, -0.2) is 42.6 Å². The third-order valence-electron chi connectivity index (χ3n) is 4.23. The lowest BCUT2D eigenvalue weighted by Crippen LogP contribution is -2.43. The number of morpholine rings is 1. The van der Waals surface area contributed by atoms with Crippen molar-refractivity contribution < 1.29 is 14.3 Å². The van der Waals surface area contributed by atoms with Crippen molar-refractivity contribution in [3.8, 4) is 5.75 Å². The minimum atomic E-state index is -0.245. The summed E-state index contributed by atoms with van der Waals surface area (Å²) >= 11 is 0. The molecule has 1 atom stereocenters. The summed E-state index contributed by atoms with van der Waals surface area (Å²) in [7, 11) is 1.62. The molecule has 1 aromatic carbocycles. The maximum absolute atomic E-state index is 12.7. The number of amides is 1. The van der Waals surface area contributed by atoms with Gasteiger partial charge in [0.1, 0.15) is 11.9 Å². The van der Waals surface area contributed by atoms with E-state index in [4.69, 9.17) is 15.2 Å². The minimum Gasteiger partial charge on any atom is -0.497 e. The highest BCUT2D eigenvalue weighted by Gasteiger charge is 2.26. The van der Waals surface area contributed by atoms with Gasteiger partial charge >= 0.3 is 0 Å². The van der Waals surface area contributed by atoms with Gasteiger partial charge in [0.2, 0.25) is 5.91 Å². The number of nitrogens with two attached hydrogens (primary N) is 1. The normalized spacial score (nSPS) is 17.4. The van der Waals surface area contributed by atoms with Crippen LogP contribution >= 0.6 is 0 Å². The second-order valence-electron chi connectivity index (χ2n) is 6.19. The van der Waals surface area contributed by atoms with Gasteiger partial charge in [-0.05, 0) is 36.8 Å². The number of pyridine rings is 1. The molecule has 6 nitrogen and oxygen atoms in total. The first-order valence-corrected chi connectivity index (χ1v) is 8.31. The van der Waals surface area contributed by atoms with Crippen LogP contribution in [0, 0.1) is 6.92 Å². The standard InChI is InChI=1S/C19H23N3O3/c1-13-8-15(20)11-17(21-13)18-12-22(6-7-25-18)19(23)10-14-4-3-5-16(9-14)24-2/h3-5,8-9,11,18H,6-7,10,12H2,1-2H3,(H2,20,21)/t18-/m1/s1. The van der Waals surface area contributed by atoms with Crippen LogP contribution in [0.1, 0.15) is 23.1 Å². The van der Waals surface area contributed by atoms with Gasteiger partial charge in [0, 0.05) is 17.9 Å². The molecule has 0 spiro atoms. The third kappa shape index (κ3) is 4.28. The zero-order chi connectivity index (χ0) is 17.8. The molecule has 1 aliphatic heterocycles. The fourth-order valence-electron chi connectivity index (χ4n) is 3.01. The van der Waals surface area contributed by atoms with E-state index in [1.807, 2.05) is 48.2 Å². The SMILES string of the molecule is COc1cccc(CC(=O)N2CCO[C@@H](c3cc(N)cc(C)n3)C2)c1. The average Bonchev–Trinajstić information content (AvgIpc) is 2.61. The van der Waals surface area contributed by atoms with Crippen molar-refractivity contribution in [2.75, 3.05) is 32.5 Å². The summed E-state index contributed by atoms with van der Waals surface area (Å²) in [6.07, 6.45) is 0.0954. The second kappa shape index (κ2) is 7.53. The number of nitrogen functional groups attached to an aromatic ring is 1.